The predicted molar refractivity (Wildman–Crippen MR) is 64.1 cm³/mol. The Labute approximate surface area is 101 Å². The minimum Gasteiger partial charge on any atom is -0.493 e. The van der Waals surface area contributed by atoms with Crippen molar-refractivity contribution in [1.82, 2.24) is 0 Å². The Morgan fingerprint density at radius 2 is 1.88 bits per heavy atom. The molecule has 0 aliphatic carbocycles. The fraction of sp³-hybridized carbons (Fsp3) is 0.538. The Bertz CT molecular complexity index is 375. The molecule has 1 aromatic carbocycles. The summed E-state index contributed by atoms with van der Waals surface area (Å²) in [6.45, 7) is 5.34. The molecule has 0 fully saturated rings. The lowest BCUT2D eigenvalue weighted by Crippen LogP contribution is -2.10. The fourth-order valence-electron chi connectivity index (χ4n) is 1.56. The molecule has 0 saturated carbocycles. The summed E-state index contributed by atoms with van der Waals surface area (Å²) in [4.78, 5) is 0. The first kappa shape index (κ1) is 13.8. The largest absolute Gasteiger partial charge is 0.493 e. The van der Waals surface area contributed by atoms with Gasteiger partial charge in [-0.3, -0.25) is 0 Å². The molecule has 4 heteroatoms. The van der Waals surface area contributed by atoms with E-state index in [4.69, 9.17) is 9.47 Å². The van der Waals surface area contributed by atoms with Gasteiger partial charge in [0.2, 0.25) is 0 Å². The number of hydrogen-bond donors (Lipinski definition) is 1. The first-order valence-electron chi connectivity index (χ1n) is 5.65. The van der Waals surface area contributed by atoms with Gasteiger partial charge in [0, 0.05) is 12.5 Å². The molecule has 1 aromatic rings. The molecule has 0 radical (unpaired) electrons. The number of ether oxygens (including phenoxy) is 2. The molecule has 1 unspecified atom stereocenters. The second-order valence-electron chi connectivity index (χ2n) is 4.31. The zero-order valence-corrected chi connectivity index (χ0v) is 10.7. The molecule has 0 spiro atoms. The highest BCUT2D eigenvalue weighted by Gasteiger charge is 2.14. The summed E-state index contributed by atoms with van der Waals surface area (Å²) in [5.74, 6) is 0.479. The van der Waals surface area contributed by atoms with Gasteiger partial charge in [0.1, 0.15) is 5.82 Å². The Morgan fingerprint density at radius 1 is 1.24 bits per heavy atom. The second-order valence-corrected chi connectivity index (χ2v) is 4.31. The van der Waals surface area contributed by atoms with Crippen LogP contribution in [0.2, 0.25) is 0 Å². The first-order valence-corrected chi connectivity index (χ1v) is 5.65. The molecule has 0 aliphatic rings. The lowest BCUT2D eigenvalue weighted by molar-refractivity contribution is 0.193. The minimum atomic E-state index is -0.592. The maximum absolute atomic E-state index is 13.7. The van der Waals surface area contributed by atoms with Gasteiger partial charge in [-0.15, -0.1) is 0 Å². The van der Waals surface area contributed by atoms with Crippen LogP contribution in [0.5, 0.6) is 11.5 Å². The van der Waals surface area contributed by atoms with Crippen molar-refractivity contribution >= 4 is 0 Å². The molecule has 96 valence electrons. The Hall–Kier alpha value is -1.29. The Kier molecular flexibility index (Phi) is 4.75. The van der Waals surface area contributed by atoms with Crippen LogP contribution < -0.4 is 9.47 Å². The third-order valence-electron chi connectivity index (χ3n) is 2.21. The zero-order valence-electron chi connectivity index (χ0n) is 10.7. The van der Waals surface area contributed by atoms with Crippen LogP contribution >= 0.6 is 0 Å². The van der Waals surface area contributed by atoms with E-state index in [-0.39, 0.29) is 18.3 Å². The number of aliphatic hydroxyl groups excluding tert-OH is 1. The van der Waals surface area contributed by atoms with E-state index in [9.17, 15) is 9.50 Å². The van der Waals surface area contributed by atoms with Crippen molar-refractivity contribution < 1.29 is 19.0 Å². The summed E-state index contributed by atoms with van der Waals surface area (Å²) in [5, 5.41) is 9.27. The van der Waals surface area contributed by atoms with E-state index in [1.807, 2.05) is 13.8 Å². The summed E-state index contributed by atoms with van der Waals surface area (Å²) in [6.07, 6.45) is -0.388. The number of methoxy groups -OCH3 is 1. The van der Waals surface area contributed by atoms with Gasteiger partial charge in [-0.25, -0.2) is 4.39 Å². The summed E-state index contributed by atoms with van der Waals surface area (Å²) >= 11 is 0. The van der Waals surface area contributed by atoms with Crippen LogP contribution in [-0.4, -0.2) is 24.4 Å². The average molecular weight is 242 g/mol. The van der Waals surface area contributed by atoms with Crippen LogP contribution in [0.25, 0.3) is 0 Å². The molecule has 0 bridgehead atoms. The fourth-order valence-corrected chi connectivity index (χ4v) is 1.56. The highest BCUT2D eigenvalue weighted by atomic mass is 19.1. The summed E-state index contributed by atoms with van der Waals surface area (Å²) in [6, 6.07) is 2.87. The van der Waals surface area contributed by atoms with Crippen molar-refractivity contribution in [2.75, 3.05) is 7.11 Å². The van der Waals surface area contributed by atoms with Gasteiger partial charge in [0.25, 0.3) is 0 Å². The van der Waals surface area contributed by atoms with Gasteiger partial charge in [-0.05, 0) is 32.4 Å². The number of halogens is 1. The molecule has 0 amide bonds. The van der Waals surface area contributed by atoms with E-state index in [1.54, 1.807) is 13.0 Å². The van der Waals surface area contributed by atoms with Gasteiger partial charge in [-0.1, -0.05) is 0 Å². The molecule has 0 aliphatic heterocycles. The smallest absolute Gasteiger partial charge is 0.164 e. The van der Waals surface area contributed by atoms with Gasteiger partial charge in [0.05, 0.1) is 19.3 Å². The number of benzene rings is 1. The molecular formula is C13H19FO3. The number of aliphatic hydroxyl groups is 1. The van der Waals surface area contributed by atoms with Crippen LogP contribution in [0.15, 0.2) is 12.1 Å². The van der Waals surface area contributed by atoms with Crippen molar-refractivity contribution in [1.29, 1.82) is 0 Å². The van der Waals surface area contributed by atoms with Gasteiger partial charge >= 0.3 is 0 Å². The number of rotatable bonds is 5. The topological polar surface area (TPSA) is 38.7 Å². The van der Waals surface area contributed by atoms with Crippen molar-refractivity contribution in [2.24, 2.45) is 0 Å². The second kappa shape index (κ2) is 5.87. The van der Waals surface area contributed by atoms with Crippen LogP contribution in [0.1, 0.15) is 26.3 Å². The predicted octanol–water partition coefficient (Wildman–Crippen LogP) is 2.54. The Morgan fingerprint density at radius 3 is 2.35 bits per heavy atom. The van der Waals surface area contributed by atoms with Crippen molar-refractivity contribution in [3.63, 3.8) is 0 Å². The maximum Gasteiger partial charge on any atom is 0.164 e. The van der Waals surface area contributed by atoms with E-state index in [1.165, 1.54) is 13.2 Å². The molecule has 1 atom stereocenters. The molecule has 17 heavy (non-hydrogen) atoms. The third-order valence-corrected chi connectivity index (χ3v) is 2.21. The van der Waals surface area contributed by atoms with Crippen LogP contribution in [0.4, 0.5) is 4.39 Å². The lowest BCUT2D eigenvalue weighted by Gasteiger charge is -2.15. The highest BCUT2D eigenvalue weighted by molar-refractivity contribution is 5.44. The van der Waals surface area contributed by atoms with Crippen LogP contribution in [0, 0.1) is 5.82 Å². The van der Waals surface area contributed by atoms with E-state index >= 15 is 0 Å². The molecule has 1 rings (SSSR count). The SMILES string of the molecule is COc1cc(CC(C)O)c(F)cc1OC(C)C. The monoisotopic (exact) mass is 242 g/mol. The molecule has 0 aromatic heterocycles. The Balaban J connectivity index is 3.06. The molecule has 3 nitrogen and oxygen atoms in total. The van der Waals surface area contributed by atoms with E-state index in [0.29, 0.717) is 17.1 Å². The molecule has 0 heterocycles. The lowest BCUT2D eigenvalue weighted by atomic mass is 10.1. The summed E-state index contributed by atoms with van der Waals surface area (Å²) in [7, 11) is 1.51. The van der Waals surface area contributed by atoms with Gasteiger partial charge in [0.15, 0.2) is 11.5 Å². The summed E-state index contributed by atoms with van der Waals surface area (Å²) in [5.41, 5.74) is 0.424. The highest BCUT2D eigenvalue weighted by Crippen LogP contribution is 2.31. The zero-order chi connectivity index (χ0) is 13.0. The van der Waals surface area contributed by atoms with Gasteiger partial charge in [-0.2, -0.15) is 0 Å². The van der Waals surface area contributed by atoms with Crippen LogP contribution in [0.3, 0.4) is 0 Å². The number of hydrogen-bond acceptors (Lipinski definition) is 3. The van der Waals surface area contributed by atoms with Crippen molar-refractivity contribution in [2.45, 2.75) is 39.4 Å². The summed E-state index contributed by atoms with van der Waals surface area (Å²) < 4.78 is 24.3. The van der Waals surface area contributed by atoms with Crippen molar-refractivity contribution in [3.05, 3.63) is 23.5 Å². The maximum atomic E-state index is 13.7. The minimum absolute atomic E-state index is 0.0501. The normalized spacial score (nSPS) is 12.6. The quantitative estimate of drug-likeness (QED) is 0.862. The third kappa shape index (κ3) is 3.89. The molecular weight excluding hydrogens is 223 g/mol. The standard InChI is InChI=1S/C13H19FO3/c1-8(2)17-13-7-11(14)10(5-9(3)15)6-12(13)16-4/h6-9,15H,5H2,1-4H3. The molecule has 1 N–H and O–H groups in total. The van der Waals surface area contributed by atoms with Crippen LogP contribution in [-0.2, 0) is 6.42 Å². The van der Waals surface area contributed by atoms with Gasteiger partial charge < -0.3 is 14.6 Å². The molecule has 0 saturated heterocycles. The van der Waals surface area contributed by atoms with E-state index in [0.717, 1.165) is 0 Å². The van der Waals surface area contributed by atoms with E-state index in [2.05, 4.69) is 0 Å². The van der Waals surface area contributed by atoms with E-state index < -0.39 is 6.10 Å². The van der Waals surface area contributed by atoms with Crippen molar-refractivity contribution in [3.8, 4) is 11.5 Å². The first-order chi connectivity index (χ1) is 7.93. The average Bonchev–Trinajstić information content (AvgIpc) is 2.20.